The monoisotopic (exact) mass is 183 g/mol. The number of carbonyl (C=O) groups excluding carboxylic acids is 1. The average molecular weight is 183 g/mol. The van der Waals surface area contributed by atoms with E-state index >= 15 is 0 Å². The van der Waals surface area contributed by atoms with Gasteiger partial charge in [0.15, 0.2) is 5.79 Å². The van der Waals surface area contributed by atoms with Gasteiger partial charge in [-0.2, -0.15) is 5.26 Å². The molecule has 1 aliphatic rings. The topological polar surface area (TPSA) is 59.3 Å². The molecule has 0 saturated carbocycles. The van der Waals surface area contributed by atoms with Gasteiger partial charge in [0.05, 0.1) is 18.6 Å². The zero-order chi connectivity index (χ0) is 9.90. The summed E-state index contributed by atoms with van der Waals surface area (Å²) in [6.07, 6.45) is 0.901. The van der Waals surface area contributed by atoms with Crippen LogP contribution in [0.5, 0.6) is 0 Å². The van der Waals surface area contributed by atoms with E-state index < -0.39 is 11.9 Å². The van der Waals surface area contributed by atoms with E-state index in [1.165, 1.54) is 0 Å². The Bertz CT molecular complexity index is 232. The summed E-state index contributed by atoms with van der Waals surface area (Å²) in [5.74, 6) is -0.759. The minimum atomic E-state index is -0.759. The highest BCUT2D eigenvalue weighted by molar-refractivity contribution is 5.56. The van der Waals surface area contributed by atoms with E-state index in [1.54, 1.807) is 13.8 Å². The number of ether oxygens (including phenoxy) is 2. The number of carbonyl (C=O) groups is 1. The number of hydrogen-bond acceptors (Lipinski definition) is 4. The van der Waals surface area contributed by atoms with Crippen molar-refractivity contribution in [3.8, 4) is 6.07 Å². The third-order valence-corrected chi connectivity index (χ3v) is 1.85. The maximum atomic E-state index is 10.5. The second kappa shape index (κ2) is 3.86. The third kappa shape index (κ3) is 2.79. The number of rotatable bonds is 2. The zero-order valence-electron chi connectivity index (χ0n) is 7.82. The molecule has 1 heterocycles. The van der Waals surface area contributed by atoms with Crippen LogP contribution >= 0.6 is 0 Å². The van der Waals surface area contributed by atoms with Crippen LogP contribution in [0.1, 0.15) is 26.7 Å². The van der Waals surface area contributed by atoms with Crippen LogP contribution in [-0.4, -0.2) is 24.3 Å². The molecule has 1 saturated heterocycles. The standard InChI is InChI=1S/C9H13NO3/c1-9(2)12-7(3-4-10)5-8(6-11)13-9/h6-8H,3,5H2,1-2H3/t7-,8-/m1/s1. The number of nitriles is 1. The van der Waals surface area contributed by atoms with E-state index in [1.807, 2.05) is 6.07 Å². The van der Waals surface area contributed by atoms with E-state index in [0.717, 1.165) is 6.29 Å². The first-order valence-electron chi connectivity index (χ1n) is 4.25. The third-order valence-electron chi connectivity index (χ3n) is 1.85. The SMILES string of the molecule is CC1(C)O[C@H](CC#N)C[C@H](C=O)O1. The maximum Gasteiger partial charge on any atom is 0.164 e. The predicted molar refractivity (Wildman–Crippen MR) is 44.7 cm³/mol. The molecule has 0 radical (unpaired) electrons. The van der Waals surface area contributed by atoms with Crippen LogP contribution in [0.2, 0.25) is 0 Å². The van der Waals surface area contributed by atoms with Gasteiger partial charge in [0, 0.05) is 6.42 Å². The molecule has 1 fully saturated rings. The lowest BCUT2D eigenvalue weighted by Gasteiger charge is -2.38. The van der Waals surface area contributed by atoms with Crippen molar-refractivity contribution < 1.29 is 14.3 Å². The van der Waals surface area contributed by atoms with Gasteiger partial charge in [-0.15, -0.1) is 0 Å². The summed E-state index contributed by atoms with van der Waals surface area (Å²) in [7, 11) is 0. The summed E-state index contributed by atoms with van der Waals surface area (Å²) in [5, 5.41) is 8.49. The highest BCUT2D eigenvalue weighted by Crippen LogP contribution is 2.26. The van der Waals surface area contributed by atoms with Gasteiger partial charge in [0.2, 0.25) is 0 Å². The van der Waals surface area contributed by atoms with E-state index in [2.05, 4.69) is 0 Å². The Kier molecular flexibility index (Phi) is 3.02. The van der Waals surface area contributed by atoms with Gasteiger partial charge in [0.1, 0.15) is 12.4 Å². The highest BCUT2D eigenvalue weighted by atomic mass is 16.7. The van der Waals surface area contributed by atoms with Gasteiger partial charge in [-0.25, -0.2) is 0 Å². The van der Waals surface area contributed by atoms with Crippen molar-refractivity contribution in [2.45, 2.75) is 44.7 Å². The molecule has 0 spiro atoms. The Balaban J connectivity index is 2.60. The molecule has 4 nitrogen and oxygen atoms in total. The number of aldehydes is 1. The second-order valence-electron chi connectivity index (χ2n) is 3.53. The van der Waals surface area contributed by atoms with Gasteiger partial charge >= 0.3 is 0 Å². The lowest BCUT2D eigenvalue weighted by Crippen LogP contribution is -2.45. The summed E-state index contributed by atoms with van der Waals surface area (Å²) >= 11 is 0. The minimum Gasteiger partial charge on any atom is -0.346 e. The van der Waals surface area contributed by atoms with Crippen molar-refractivity contribution >= 4 is 6.29 Å². The summed E-state index contributed by atoms with van der Waals surface area (Å²) in [4.78, 5) is 10.5. The van der Waals surface area contributed by atoms with E-state index in [0.29, 0.717) is 12.8 Å². The van der Waals surface area contributed by atoms with Crippen molar-refractivity contribution in [2.24, 2.45) is 0 Å². The van der Waals surface area contributed by atoms with Crippen molar-refractivity contribution in [1.29, 1.82) is 5.26 Å². The molecule has 1 aliphatic heterocycles. The molecule has 1 rings (SSSR count). The molecule has 0 N–H and O–H groups in total. The largest absolute Gasteiger partial charge is 0.346 e. The molecule has 0 aromatic carbocycles. The average Bonchev–Trinajstić information content (AvgIpc) is 2.02. The zero-order valence-corrected chi connectivity index (χ0v) is 7.82. The molecule has 0 unspecified atom stereocenters. The minimum absolute atomic E-state index is 0.191. The Labute approximate surface area is 77.4 Å². The molecule has 0 aromatic rings. The predicted octanol–water partition coefficient (Wildman–Crippen LogP) is 1.01. The van der Waals surface area contributed by atoms with Gasteiger partial charge in [0.25, 0.3) is 0 Å². The smallest absolute Gasteiger partial charge is 0.164 e. The first kappa shape index (κ1) is 10.2. The van der Waals surface area contributed by atoms with Crippen LogP contribution in [0.15, 0.2) is 0 Å². The number of nitrogens with zero attached hydrogens (tertiary/aromatic N) is 1. The highest BCUT2D eigenvalue weighted by Gasteiger charge is 2.34. The van der Waals surface area contributed by atoms with Gasteiger partial charge in [-0.05, 0) is 13.8 Å². The van der Waals surface area contributed by atoms with Crippen LogP contribution in [-0.2, 0) is 14.3 Å². The van der Waals surface area contributed by atoms with Crippen molar-refractivity contribution in [3.05, 3.63) is 0 Å². The van der Waals surface area contributed by atoms with E-state index in [9.17, 15) is 4.79 Å². The van der Waals surface area contributed by atoms with Crippen molar-refractivity contribution in [2.75, 3.05) is 0 Å². The fraction of sp³-hybridized carbons (Fsp3) is 0.778. The summed E-state index contributed by atoms with van der Waals surface area (Å²) in [5.41, 5.74) is 0. The van der Waals surface area contributed by atoms with E-state index in [4.69, 9.17) is 14.7 Å². The molecular formula is C9H13NO3. The molecule has 0 bridgehead atoms. The Morgan fingerprint density at radius 3 is 2.85 bits per heavy atom. The summed E-state index contributed by atoms with van der Waals surface area (Å²) < 4.78 is 10.7. The second-order valence-corrected chi connectivity index (χ2v) is 3.53. The Morgan fingerprint density at radius 1 is 1.62 bits per heavy atom. The molecule has 0 aliphatic carbocycles. The summed E-state index contributed by atoms with van der Waals surface area (Å²) in [6, 6.07) is 2.02. The molecule has 72 valence electrons. The normalized spacial score (nSPS) is 32.1. The first-order valence-corrected chi connectivity index (χ1v) is 4.25. The van der Waals surface area contributed by atoms with Crippen molar-refractivity contribution in [3.63, 3.8) is 0 Å². The molecule has 4 heteroatoms. The fourth-order valence-electron chi connectivity index (χ4n) is 1.46. The summed E-state index contributed by atoms with van der Waals surface area (Å²) in [6.45, 7) is 3.49. The number of hydrogen-bond donors (Lipinski definition) is 0. The van der Waals surface area contributed by atoms with Gasteiger partial charge in [-0.1, -0.05) is 0 Å². The van der Waals surface area contributed by atoms with Crippen molar-refractivity contribution in [1.82, 2.24) is 0 Å². The quantitative estimate of drug-likeness (QED) is 0.599. The lowest BCUT2D eigenvalue weighted by molar-refractivity contribution is -0.289. The van der Waals surface area contributed by atoms with Crippen LogP contribution in [0.25, 0.3) is 0 Å². The van der Waals surface area contributed by atoms with Gasteiger partial charge < -0.3 is 14.3 Å². The molecule has 2 atom stereocenters. The Hall–Kier alpha value is -0.920. The van der Waals surface area contributed by atoms with E-state index in [-0.39, 0.29) is 6.10 Å². The maximum absolute atomic E-state index is 10.5. The van der Waals surface area contributed by atoms with Gasteiger partial charge in [-0.3, -0.25) is 0 Å². The molecule has 0 aromatic heterocycles. The Morgan fingerprint density at radius 2 is 2.31 bits per heavy atom. The molecular weight excluding hydrogens is 170 g/mol. The lowest BCUT2D eigenvalue weighted by atomic mass is 10.1. The molecule has 0 amide bonds. The fourth-order valence-corrected chi connectivity index (χ4v) is 1.46. The van der Waals surface area contributed by atoms with Crippen LogP contribution < -0.4 is 0 Å². The van der Waals surface area contributed by atoms with Crippen LogP contribution in [0, 0.1) is 11.3 Å². The van der Waals surface area contributed by atoms with Crippen LogP contribution in [0.3, 0.4) is 0 Å². The first-order chi connectivity index (χ1) is 6.07. The van der Waals surface area contributed by atoms with Crippen LogP contribution in [0.4, 0.5) is 0 Å². The molecule has 13 heavy (non-hydrogen) atoms.